The van der Waals surface area contributed by atoms with E-state index in [1.54, 1.807) is 6.92 Å². The zero-order valence-electron chi connectivity index (χ0n) is 60.9. The van der Waals surface area contributed by atoms with Crippen molar-refractivity contribution in [2.75, 3.05) is 17.2 Å². The van der Waals surface area contributed by atoms with Crippen LogP contribution in [-0.4, -0.2) is 85.4 Å². The van der Waals surface area contributed by atoms with E-state index in [9.17, 15) is 19.2 Å². The molecule has 13 aromatic rings. The molecule has 17 N–H and O–H groups in total. The maximum Gasteiger partial charge on any atom is 0.237 e. The van der Waals surface area contributed by atoms with Gasteiger partial charge in [-0.1, -0.05) is 198 Å². The van der Waals surface area contributed by atoms with Gasteiger partial charge in [0.15, 0.2) is 17.5 Å². The minimum Gasteiger partial charge on any atom is -0.382 e. The highest BCUT2D eigenvalue weighted by atomic mass is 16.2. The van der Waals surface area contributed by atoms with Crippen molar-refractivity contribution in [3.05, 3.63) is 232 Å². The van der Waals surface area contributed by atoms with Crippen molar-refractivity contribution in [1.82, 2.24) is 59.6 Å². The molecule has 3 atom stereocenters. The summed E-state index contributed by atoms with van der Waals surface area (Å²) in [5, 5.41) is 11.8. The number of anilines is 3. The van der Waals surface area contributed by atoms with Crippen molar-refractivity contribution in [3.8, 4) is 0 Å². The Hall–Kier alpha value is -11.7. The summed E-state index contributed by atoms with van der Waals surface area (Å²) < 4.78 is 6.81. The second-order valence-corrected chi connectivity index (χ2v) is 27.1. The Labute approximate surface area is 617 Å². The van der Waals surface area contributed by atoms with Gasteiger partial charge in [0.05, 0.1) is 51.2 Å². The molecule has 6 aromatic heterocycles. The van der Waals surface area contributed by atoms with E-state index in [-0.39, 0.29) is 30.6 Å². The van der Waals surface area contributed by atoms with E-state index in [1.807, 2.05) is 109 Å². The van der Waals surface area contributed by atoms with Crippen molar-refractivity contribution in [1.29, 1.82) is 0 Å². The molecule has 0 radical (unpaired) electrons. The van der Waals surface area contributed by atoms with Gasteiger partial charge in [0.1, 0.15) is 34.0 Å². The number of nitrogens with two attached hydrogens (primary N) is 7. The Morgan fingerprint density at radius 3 is 1.03 bits per heavy atom. The molecule has 6 heterocycles. The molecule has 23 nitrogen and oxygen atoms in total. The van der Waals surface area contributed by atoms with Gasteiger partial charge in [0, 0.05) is 81.1 Å². The fourth-order valence-corrected chi connectivity index (χ4v) is 13.0. The predicted molar refractivity (Wildman–Crippen MR) is 425 cm³/mol. The highest BCUT2D eigenvalue weighted by Gasteiger charge is 2.23. The van der Waals surface area contributed by atoms with Gasteiger partial charge in [-0.3, -0.25) is 19.2 Å². The van der Waals surface area contributed by atoms with Crippen molar-refractivity contribution in [3.63, 3.8) is 0 Å². The largest absolute Gasteiger partial charge is 0.382 e. The number of nitrogens with zero attached hydrogens (tertiary/aromatic N) is 9. The third-order valence-electron chi connectivity index (χ3n) is 18.9. The number of para-hydroxylation sites is 3. The number of hydrogen-bond donors (Lipinski definition) is 10. The number of nitrogens with one attached hydrogen (secondary N) is 3. The summed E-state index contributed by atoms with van der Waals surface area (Å²) in [4.78, 5) is 75.7. The Kier molecular flexibility index (Phi) is 25.4. The standard InChI is InChI=1S/C31H34N6O.C27H33N7O2.C25H30N6O/c1-2-3-13-27-36-28-29(24-11-7-8-12-26(24)35-30(28)33)37(27)20-23-16-14-22(15-17-23)19-34-31(38)25(32)18-21-9-5-4-6-10-21;1-2-3-8-23-33-24-25(19-6-4-5-7-21(19)32-26(24)30)34(23)16-18-11-9-17(10-12-18)15-31-27(36)20(28)13-14-22(29)35;1-3-4-9-21-30-22-23(19-7-5-6-8-20(19)29-24(22)27)31(21)15-18-12-10-17(11-13-18)14-28-25(32)16(2)26/h4-12,14-17,25H,2-3,13,18-20,32H2,1H3,(H2,33,35)(H,34,38);4-7,9-12,20H,2-3,8,13-16,28H2,1H3,(H2,29,35)(H2,30,32)(H,31,36);5-8,10-13,16H,3-4,9,14-15,26H2,1-2H3,(H2,27,29)(H,28,32)/t25-;20-;16-/m000/s1. The smallest absolute Gasteiger partial charge is 0.237 e. The fraction of sp³-hybridized carbons (Fsp3) is 0.301. The van der Waals surface area contributed by atoms with Crippen LogP contribution in [0.25, 0.3) is 65.8 Å². The fourth-order valence-electron chi connectivity index (χ4n) is 13.0. The van der Waals surface area contributed by atoms with Gasteiger partial charge < -0.3 is 69.8 Å². The normalized spacial score (nSPS) is 12.2. The van der Waals surface area contributed by atoms with E-state index in [0.29, 0.717) is 63.1 Å². The Balaban J connectivity index is 0.000000159. The number of aromatic nitrogens is 9. The molecule has 0 unspecified atom stereocenters. The molecule has 0 spiro atoms. The van der Waals surface area contributed by atoms with Gasteiger partial charge in [0.2, 0.25) is 23.6 Å². The SMILES string of the molecule is CCCCc1nc2c(N)nc3ccccc3c2n1Cc1ccc(CNC(=O)[C@@H](N)CCC(N)=O)cc1.CCCCc1nc2c(N)nc3ccccc3c2n1Cc1ccc(CNC(=O)[C@@H](N)Cc2ccccc2)cc1.CCCCc1nc2c(N)nc3ccccc3c2n1Cc1ccc(CNC(=O)[C@H](C)N)cc1. The van der Waals surface area contributed by atoms with E-state index in [4.69, 9.17) is 55.1 Å². The van der Waals surface area contributed by atoms with E-state index >= 15 is 0 Å². The number of carbonyl (C=O) groups excluding carboxylic acids is 4. The molecule has 0 aliphatic rings. The molecule has 4 amide bonds. The number of amides is 4. The molecule has 0 aliphatic heterocycles. The second kappa shape index (κ2) is 35.7. The molecule has 0 fully saturated rings. The zero-order chi connectivity index (χ0) is 74.8. The van der Waals surface area contributed by atoms with Gasteiger partial charge in [-0.15, -0.1) is 0 Å². The van der Waals surface area contributed by atoms with Crippen molar-refractivity contribution in [2.45, 2.75) is 162 Å². The van der Waals surface area contributed by atoms with Crippen molar-refractivity contribution in [2.24, 2.45) is 22.9 Å². The number of aryl methyl sites for hydroxylation is 3. The van der Waals surface area contributed by atoms with Gasteiger partial charge in [0.25, 0.3) is 0 Å². The number of imidazole rings is 3. The summed E-state index contributed by atoms with van der Waals surface area (Å²) >= 11 is 0. The van der Waals surface area contributed by atoms with E-state index in [0.717, 1.165) is 180 Å². The van der Waals surface area contributed by atoms with Crippen LogP contribution in [0.2, 0.25) is 0 Å². The monoisotopic (exact) mass is 1420 g/mol. The number of nitrogen functional groups attached to an aromatic ring is 3. The van der Waals surface area contributed by atoms with E-state index in [2.05, 4.69) is 132 Å². The molecular weight excluding hydrogens is 1330 g/mol. The minimum absolute atomic E-state index is 0.0868. The lowest BCUT2D eigenvalue weighted by molar-refractivity contribution is -0.123. The maximum atomic E-state index is 12.5. The quantitative estimate of drug-likeness (QED) is 0.0208. The van der Waals surface area contributed by atoms with E-state index in [1.165, 1.54) is 0 Å². The number of pyridine rings is 3. The van der Waals surface area contributed by atoms with Crippen LogP contribution in [0.5, 0.6) is 0 Å². The lowest BCUT2D eigenvalue weighted by atomic mass is 10.1. The molecule has 0 aliphatic carbocycles. The number of rotatable bonds is 29. The summed E-state index contributed by atoms with van der Waals surface area (Å²) in [6, 6.07) is 56.8. The highest BCUT2D eigenvalue weighted by molar-refractivity contribution is 6.08. The molecule has 23 heteroatoms. The van der Waals surface area contributed by atoms with Crippen LogP contribution < -0.4 is 56.1 Å². The molecular formula is C83H97N19O4. The first-order chi connectivity index (χ1) is 51.4. The summed E-state index contributed by atoms with van der Waals surface area (Å²) in [7, 11) is 0. The van der Waals surface area contributed by atoms with Crippen LogP contribution in [0, 0.1) is 0 Å². The van der Waals surface area contributed by atoms with Crippen LogP contribution in [0.1, 0.15) is 135 Å². The molecule has 0 saturated heterocycles. The highest BCUT2D eigenvalue weighted by Crippen LogP contribution is 2.34. The number of benzene rings is 7. The first-order valence-corrected chi connectivity index (χ1v) is 36.6. The van der Waals surface area contributed by atoms with Crippen LogP contribution in [0.3, 0.4) is 0 Å². The zero-order valence-corrected chi connectivity index (χ0v) is 60.9. The first-order valence-electron chi connectivity index (χ1n) is 36.6. The summed E-state index contributed by atoms with van der Waals surface area (Å²) in [6.45, 7) is 11.5. The molecule has 13 rings (SSSR count). The predicted octanol–water partition coefficient (Wildman–Crippen LogP) is 11.0. The molecule has 0 bridgehead atoms. The second-order valence-electron chi connectivity index (χ2n) is 27.1. The van der Waals surface area contributed by atoms with Crippen molar-refractivity contribution >= 4 is 107 Å². The van der Waals surface area contributed by atoms with Gasteiger partial charge >= 0.3 is 0 Å². The average Bonchev–Trinajstić information content (AvgIpc) is 1.60. The van der Waals surface area contributed by atoms with Crippen molar-refractivity contribution < 1.29 is 19.2 Å². The number of unbranched alkanes of at least 4 members (excludes halogenated alkanes) is 3. The summed E-state index contributed by atoms with van der Waals surface area (Å²) in [5.41, 5.74) is 57.1. The third kappa shape index (κ3) is 18.6. The summed E-state index contributed by atoms with van der Waals surface area (Å²) in [6.07, 6.45) is 9.88. The Bertz CT molecular complexity index is 5190. The first kappa shape index (κ1) is 75.5. The number of fused-ring (bicyclic) bond motifs is 9. The molecule has 548 valence electrons. The number of primary amides is 1. The summed E-state index contributed by atoms with van der Waals surface area (Å²) in [5.74, 6) is 3.35. The molecule has 7 aromatic carbocycles. The van der Waals surface area contributed by atoms with Crippen LogP contribution in [0.4, 0.5) is 17.5 Å². The molecule has 106 heavy (non-hydrogen) atoms. The minimum atomic E-state index is -0.760. The average molecular weight is 1420 g/mol. The van der Waals surface area contributed by atoms with Gasteiger partial charge in [-0.25, -0.2) is 29.9 Å². The van der Waals surface area contributed by atoms with Crippen LogP contribution in [-0.2, 0) is 84.1 Å². The van der Waals surface area contributed by atoms with Gasteiger partial charge in [-0.05, 0) is 96.2 Å². The van der Waals surface area contributed by atoms with E-state index < -0.39 is 24.0 Å². The van der Waals surface area contributed by atoms with Gasteiger partial charge in [-0.2, -0.15) is 0 Å². The Morgan fingerprint density at radius 1 is 0.387 bits per heavy atom. The number of hydrogen-bond acceptors (Lipinski definition) is 16. The maximum absolute atomic E-state index is 12.5. The van der Waals surface area contributed by atoms with Crippen LogP contribution >= 0.6 is 0 Å². The van der Waals surface area contributed by atoms with Crippen LogP contribution in [0.15, 0.2) is 176 Å². The topological polar surface area (TPSA) is 379 Å². The number of carbonyl (C=O) groups is 4. The molecule has 0 saturated carbocycles. The third-order valence-corrected chi connectivity index (χ3v) is 18.9. The lowest BCUT2D eigenvalue weighted by Crippen LogP contribution is -2.41. The lowest BCUT2D eigenvalue weighted by Gasteiger charge is -2.13. The Morgan fingerprint density at radius 2 is 0.698 bits per heavy atom.